The van der Waals surface area contributed by atoms with Crippen LogP contribution >= 0.6 is 0 Å². The molecule has 5 nitrogen and oxygen atoms in total. The van der Waals surface area contributed by atoms with E-state index < -0.39 is 11.9 Å². The fraction of sp³-hybridized carbons (Fsp3) is 0.467. The van der Waals surface area contributed by atoms with Crippen molar-refractivity contribution >= 4 is 11.7 Å². The monoisotopic (exact) mass is 274 g/mol. The van der Waals surface area contributed by atoms with Gasteiger partial charge in [-0.2, -0.15) is 5.26 Å². The van der Waals surface area contributed by atoms with Gasteiger partial charge in [-0.25, -0.2) is 0 Å². The van der Waals surface area contributed by atoms with Gasteiger partial charge in [0, 0.05) is 12.2 Å². The minimum Gasteiger partial charge on any atom is -0.481 e. The SMILES string of the molecule is CCCN(c1ccc(C#N)cc1)C1COCC1C(=O)O. The predicted octanol–water partition coefficient (Wildman–Crippen LogP) is 1.87. The van der Waals surface area contributed by atoms with Crippen LogP contribution < -0.4 is 4.90 Å². The third-order valence-corrected chi connectivity index (χ3v) is 3.56. The van der Waals surface area contributed by atoms with Crippen LogP contribution in [0.25, 0.3) is 0 Å². The van der Waals surface area contributed by atoms with Gasteiger partial charge in [0.25, 0.3) is 0 Å². The van der Waals surface area contributed by atoms with Gasteiger partial charge in [-0.15, -0.1) is 0 Å². The smallest absolute Gasteiger partial charge is 0.311 e. The van der Waals surface area contributed by atoms with Crippen molar-refractivity contribution < 1.29 is 14.6 Å². The Balaban J connectivity index is 2.25. The third-order valence-electron chi connectivity index (χ3n) is 3.56. The fourth-order valence-electron chi connectivity index (χ4n) is 2.54. The maximum Gasteiger partial charge on any atom is 0.311 e. The van der Waals surface area contributed by atoms with Gasteiger partial charge in [0.1, 0.15) is 5.92 Å². The third kappa shape index (κ3) is 2.91. The number of anilines is 1. The summed E-state index contributed by atoms with van der Waals surface area (Å²) in [7, 11) is 0. The van der Waals surface area contributed by atoms with Gasteiger partial charge in [0.05, 0.1) is 30.9 Å². The first-order valence-corrected chi connectivity index (χ1v) is 6.74. The van der Waals surface area contributed by atoms with Gasteiger partial charge in [0.15, 0.2) is 0 Å². The van der Waals surface area contributed by atoms with Crippen LogP contribution in [0.2, 0.25) is 0 Å². The first-order valence-electron chi connectivity index (χ1n) is 6.74. The Hall–Kier alpha value is -2.06. The molecule has 2 rings (SSSR count). The van der Waals surface area contributed by atoms with E-state index in [2.05, 4.69) is 17.9 Å². The molecule has 0 saturated carbocycles. The van der Waals surface area contributed by atoms with E-state index in [0.717, 1.165) is 18.7 Å². The van der Waals surface area contributed by atoms with Crippen LogP contribution in [0.3, 0.4) is 0 Å². The van der Waals surface area contributed by atoms with Gasteiger partial charge in [-0.1, -0.05) is 6.92 Å². The Labute approximate surface area is 118 Å². The number of carbonyl (C=O) groups is 1. The molecule has 1 aromatic rings. The van der Waals surface area contributed by atoms with E-state index in [4.69, 9.17) is 10.00 Å². The van der Waals surface area contributed by atoms with Gasteiger partial charge in [-0.05, 0) is 30.7 Å². The van der Waals surface area contributed by atoms with Crippen molar-refractivity contribution in [2.45, 2.75) is 19.4 Å². The Morgan fingerprint density at radius 3 is 2.70 bits per heavy atom. The number of nitriles is 1. The van der Waals surface area contributed by atoms with Crippen LogP contribution in [0.4, 0.5) is 5.69 Å². The lowest BCUT2D eigenvalue weighted by Crippen LogP contribution is -2.43. The Morgan fingerprint density at radius 2 is 2.15 bits per heavy atom. The molecule has 0 aliphatic carbocycles. The molecule has 2 unspecified atom stereocenters. The lowest BCUT2D eigenvalue weighted by atomic mass is 10.0. The zero-order valence-electron chi connectivity index (χ0n) is 11.5. The zero-order valence-corrected chi connectivity index (χ0v) is 11.5. The van der Waals surface area contributed by atoms with Crippen molar-refractivity contribution in [1.29, 1.82) is 5.26 Å². The molecule has 5 heteroatoms. The highest BCUT2D eigenvalue weighted by atomic mass is 16.5. The molecule has 1 fully saturated rings. The molecule has 0 aromatic heterocycles. The second kappa shape index (κ2) is 6.40. The molecule has 1 saturated heterocycles. The summed E-state index contributed by atoms with van der Waals surface area (Å²) in [4.78, 5) is 13.4. The van der Waals surface area contributed by atoms with Gasteiger partial charge >= 0.3 is 5.97 Å². The van der Waals surface area contributed by atoms with Crippen molar-refractivity contribution in [3.05, 3.63) is 29.8 Å². The van der Waals surface area contributed by atoms with Gasteiger partial charge in [-0.3, -0.25) is 4.79 Å². The number of ether oxygens (including phenoxy) is 1. The van der Waals surface area contributed by atoms with Crippen molar-refractivity contribution in [3.63, 3.8) is 0 Å². The molecule has 1 heterocycles. The molecule has 1 aliphatic rings. The number of aliphatic carboxylic acids is 1. The first kappa shape index (κ1) is 14.4. The van der Waals surface area contributed by atoms with Crippen LogP contribution in [0.5, 0.6) is 0 Å². The minimum absolute atomic E-state index is 0.152. The zero-order chi connectivity index (χ0) is 14.5. The molecule has 0 radical (unpaired) electrons. The number of hydrogen-bond acceptors (Lipinski definition) is 4. The van der Waals surface area contributed by atoms with Crippen molar-refractivity contribution in [1.82, 2.24) is 0 Å². The molecule has 0 amide bonds. The Morgan fingerprint density at radius 1 is 1.45 bits per heavy atom. The first-order chi connectivity index (χ1) is 9.67. The summed E-state index contributed by atoms with van der Waals surface area (Å²) in [5.41, 5.74) is 1.54. The Bertz CT molecular complexity index is 507. The molecule has 1 aliphatic heterocycles. The van der Waals surface area contributed by atoms with Crippen LogP contribution in [0.15, 0.2) is 24.3 Å². The number of hydrogen-bond donors (Lipinski definition) is 1. The van der Waals surface area contributed by atoms with E-state index in [1.165, 1.54) is 0 Å². The van der Waals surface area contributed by atoms with E-state index in [1.54, 1.807) is 12.1 Å². The molecular formula is C15H18N2O3. The molecule has 0 spiro atoms. The number of carboxylic acid groups (broad SMARTS) is 1. The molecular weight excluding hydrogens is 256 g/mol. The van der Waals surface area contributed by atoms with Crippen LogP contribution in [-0.2, 0) is 9.53 Å². The summed E-state index contributed by atoms with van der Waals surface area (Å²) in [6.07, 6.45) is 0.919. The average Bonchev–Trinajstić information content (AvgIpc) is 2.94. The average molecular weight is 274 g/mol. The lowest BCUT2D eigenvalue weighted by Gasteiger charge is -2.32. The molecule has 20 heavy (non-hydrogen) atoms. The summed E-state index contributed by atoms with van der Waals surface area (Å²) in [5.74, 6) is -1.32. The van der Waals surface area contributed by atoms with E-state index >= 15 is 0 Å². The molecule has 2 atom stereocenters. The van der Waals surface area contributed by atoms with Gasteiger partial charge < -0.3 is 14.7 Å². The molecule has 106 valence electrons. The highest BCUT2D eigenvalue weighted by Crippen LogP contribution is 2.26. The minimum atomic E-state index is -0.817. The lowest BCUT2D eigenvalue weighted by molar-refractivity contribution is -0.141. The highest BCUT2D eigenvalue weighted by molar-refractivity contribution is 5.72. The summed E-state index contributed by atoms with van der Waals surface area (Å²) in [6.45, 7) is 3.51. The summed E-state index contributed by atoms with van der Waals surface area (Å²) in [6, 6.07) is 9.17. The quantitative estimate of drug-likeness (QED) is 0.887. The second-order valence-electron chi connectivity index (χ2n) is 4.90. The van der Waals surface area contributed by atoms with Crippen LogP contribution in [0.1, 0.15) is 18.9 Å². The maximum absolute atomic E-state index is 11.3. The second-order valence-corrected chi connectivity index (χ2v) is 4.90. The summed E-state index contributed by atoms with van der Waals surface area (Å²) >= 11 is 0. The summed E-state index contributed by atoms with van der Waals surface area (Å²) < 4.78 is 5.35. The van der Waals surface area contributed by atoms with Crippen LogP contribution in [-0.4, -0.2) is 36.9 Å². The topological polar surface area (TPSA) is 73.6 Å². The largest absolute Gasteiger partial charge is 0.481 e. The number of rotatable bonds is 5. The Kier molecular flexibility index (Phi) is 4.59. The fourth-order valence-corrected chi connectivity index (χ4v) is 2.54. The van der Waals surface area contributed by atoms with E-state index in [0.29, 0.717) is 12.2 Å². The molecule has 1 N–H and O–H groups in total. The van der Waals surface area contributed by atoms with Crippen LogP contribution in [0, 0.1) is 17.2 Å². The molecule has 0 bridgehead atoms. The highest BCUT2D eigenvalue weighted by Gasteiger charge is 2.37. The standard InChI is InChI=1S/C15H18N2O3/c1-2-7-17(12-5-3-11(8-16)4-6-12)14-10-20-9-13(14)15(18)19/h3-6,13-14H,2,7,9-10H2,1H3,(H,18,19). The number of benzene rings is 1. The van der Waals surface area contributed by atoms with Crippen molar-refractivity contribution in [2.24, 2.45) is 5.92 Å². The van der Waals surface area contributed by atoms with Crippen molar-refractivity contribution in [2.75, 3.05) is 24.7 Å². The normalized spacial score (nSPS) is 21.4. The number of nitrogens with zero attached hydrogens (tertiary/aromatic N) is 2. The van der Waals surface area contributed by atoms with Gasteiger partial charge in [0.2, 0.25) is 0 Å². The predicted molar refractivity (Wildman–Crippen MR) is 74.5 cm³/mol. The van der Waals surface area contributed by atoms with Crippen molar-refractivity contribution in [3.8, 4) is 6.07 Å². The van der Waals surface area contributed by atoms with E-state index in [9.17, 15) is 9.90 Å². The summed E-state index contributed by atoms with van der Waals surface area (Å²) in [5, 5.41) is 18.1. The number of carboxylic acids is 1. The van der Waals surface area contributed by atoms with E-state index in [1.807, 2.05) is 12.1 Å². The van der Waals surface area contributed by atoms with E-state index in [-0.39, 0.29) is 12.6 Å². The maximum atomic E-state index is 11.3. The molecule has 1 aromatic carbocycles.